The fourth-order valence-corrected chi connectivity index (χ4v) is 2.85. The van der Waals surface area contributed by atoms with E-state index in [0.29, 0.717) is 12.3 Å². The predicted molar refractivity (Wildman–Crippen MR) is 96.9 cm³/mol. The van der Waals surface area contributed by atoms with Gasteiger partial charge in [-0.05, 0) is 41.9 Å². The predicted octanol–water partition coefficient (Wildman–Crippen LogP) is 1.99. The highest BCUT2D eigenvalue weighted by atomic mass is 79.9. The first kappa shape index (κ1) is 17.9. The lowest BCUT2D eigenvalue weighted by molar-refractivity contribution is 0.0992. The Morgan fingerprint density at radius 1 is 1.35 bits per heavy atom. The monoisotopic (exact) mass is 420 g/mol. The maximum absolute atomic E-state index is 12.4. The van der Waals surface area contributed by atoms with E-state index in [1.54, 1.807) is 23.9 Å². The van der Waals surface area contributed by atoms with Gasteiger partial charge in [-0.1, -0.05) is 0 Å². The van der Waals surface area contributed by atoms with Crippen molar-refractivity contribution in [1.29, 1.82) is 0 Å². The molecule has 0 aliphatic carbocycles. The molecule has 136 valence electrons. The number of nitrogens with zero attached hydrogens (tertiary/aromatic N) is 4. The number of anilines is 1. The molecule has 9 nitrogen and oxygen atoms in total. The van der Waals surface area contributed by atoms with E-state index in [9.17, 15) is 9.59 Å². The summed E-state index contributed by atoms with van der Waals surface area (Å²) >= 11 is 3.48. The maximum Gasteiger partial charge on any atom is 0.291 e. The van der Waals surface area contributed by atoms with Gasteiger partial charge in [0.1, 0.15) is 11.5 Å². The number of rotatable bonds is 5. The first-order chi connectivity index (χ1) is 12.3. The van der Waals surface area contributed by atoms with Crippen molar-refractivity contribution in [2.75, 3.05) is 5.32 Å². The third kappa shape index (κ3) is 3.27. The summed E-state index contributed by atoms with van der Waals surface area (Å²) in [6, 6.07) is 3.27. The van der Waals surface area contributed by atoms with Gasteiger partial charge in [0.2, 0.25) is 0 Å². The van der Waals surface area contributed by atoms with E-state index < -0.39 is 11.8 Å². The molecule has 3 aromatic heterocycles. The van der Waals surface area contributed by atoms with Crippen LogP contribution in [0.15, 0.2) is 27.2 Å². The molecule has 3 heterocycles. The van der Waals surface area contributed by atoms with Crippen LogP contribution >= 0.6 is 15.9 Å². The normalized spacial score (nSPS) is 10.9. The van der Waals surface area contributed by atoms with Gasteiger partial charge in [-0.2, -0.15) is 10.2 Å². The molecular formula is C16H17BrN6O3. The first-order valence-electron chi connectivity index (χ1n) is 7.69. The Hall–Kier alpha value is -2.88. The maximum atomic E-state index is 12.4. The average molecular weight is 421 g/mol. The molecule has 10 heteroatoms. The fourth-order valence-electron chi connectivity index (χ4n) is 2.57. The Balaban J connectivity index is 1.76. The van der Waals surface area contributed by atoms with Crippen LogP contribution in [0.3, 0.4) is 0 Å². The van der Waals surface area contributed by atoms with Crippen molar-refractivity contribution in [3.63, 3.8) is 0 Å². The number of nitrogens with one attached hydrogen (secondary N) is 1. The number of amides is 2. The van der Waals surface area contributed by atoms with Gasteiger partial charge in [-0.25, -0.2) is 0 Å². The highest BCUT2D eigenvalue weighted by Gasteiger charge is 2.19. The van der Waals surface area contributed by atoms with Crippen molar-refractivity contribution in [3.05, 3.63) is 51.4 Å². The van der Waals surface area contributed by atoms with Crippen LogP contribution in [0.1, 0.15) is 38.2 Å². The number of carbonyl (C=O) groups is 2. The van der Waals surface area contributed by atoms with E-state index in [0.717, 1.165) is 15.9 Å². The number of aryl methyl sites for hydroxylation is 2. The fraction of sp³-hybridized carbons (Fsp3) is 0.250. The topological polar surface area (TPSA) is 121 Å². The highest BCUT2D eigenvalue weighted by Crippen LogP contribution is 2.21. The average Bonchev–Trinajstić information content (AvgIpc) is 3.24. The number of hydrogen-bond donors (Lipinski definition) is 2. The van der Waals surface area contributed by atoms with Gasteiger partial charge in [0.25, 0.3) is 11.8 Å². The summed E-state index contributed by atoms with van der Waals surface area (Å²) in [6.45, 7) is 4.23. The van der Waals surface area contributed by atoms with Gasteiger partial charge in [-0.15, -0.1) is 0 Å². The van der Waals surface area contributed by atoms with Crippen LogP contribution in [0.25, 0.3) is 0 Å². The SMILES string of the molecule is Cc1nn(Cc2ccc(C(=O)Nc3cnn(C)c3C(N)=O)o2)c(C)c1Br. The zero-order valence-corrected chi connectivity index (χ0v) is 16.0. The molecule has 0 saturated heterocycles. The largest absolute Gasteiger partial charge is 0.454 e. The van der Waals surface area contributed by atoms with Crippen LogP contribution in [0.2, 0.25) is 0 Å². The van der Waals surface area contributed by atoms with Crippen LogP contribution in [-0.4, -0.2) is 31.4 Å². The van der Waals surface area contributed by atoms with Crippen LogP contribution < -0.4 is 11.1 Å². The lowest BCUT2D eigenvalue weighted by Crippen LogP contribution is -2.20. The quantitative estimate of drug-likeness (QED) is 0.653. The second kappa shape index (κ2) is 6.79. The number of aromatic nitrogens is 4. The van der Waals surface area contributed by atoms with Gasteiger partial charge in [0.15, 0.2) is 5.76 Å². The minimum absolute atomic E-state index is 0.109. The summed E-state index contributed by atoms with van der Waals surface area (Å²) < 4.78 is 9.63. The minimum Gasteiger partial charge on any atom is -0.454 e. The molecule has 0 aromatic carbocycles. The molecule has 0 unspecified atom stereocenters. The van der Waals surface area contributed by atoms with Gasteiger partial charge >= 0.3 is 0 Å². The van der Waals surface area contributed by atoms with Gasteiger partial charge < -0.3 is 15.5 Å². The van der Waals surface area contributed by atoms with Crippen molar-refractivity contribution in [2.45, 2.75) is 20.4 Å². The second-order valence-corrected chi connectivity index (χ2v) is 6.55. The van der Waals surface area contributed by atoms with Crippen molar-refractivity contribution < 1.29 is 14.0 Å². The number of hydrogen-bond acceptors (Lipinski definition) is 5. The summed E-state index contributed by atoms with van der Waals surface area (Å²) in [5.74, 6) is -0.494. The minimum atomic E-state index is -0.685. The molecule has 2 amide bonds. The van der Waals surface area contributed by atoms with Gasteiger partial charge in [0, 0.05) is 7.05 Å². The molecule has 0 radical (unpaired) electrons. The molecule has 0 bridgehead atoms. The molecule has 0 atom stereocenters. The van der Waals surface area contributed by atoms with E-state index >= 15 is 0 Å². The Morgan fingerprint density at radius 3 is 2.69 bits per heavy atom. The summed E-state index contributed by atoms with van der Waals surface area (Å²) in [5, 5.41) is 10.9. The molecule has 26 heavy (non-hydrogen) atoms. The van der Waals surface area contributed by atoms with E-state index in [2.05, 4.69) is 31.4 Å². The standard InChI is InChI=1S/C16H17BrN6O3/c1-8-13(17)9(2)23(21-8)7-10-4-5-12(26-10)16(25)20-11-6-19-22(3)14(11)15(18)24/h4-6H,7H2,1-3H3,(H2,18,24)(H,20,25). The molecule has 0 spiro atoms. The number of carbonyl (C=O) groups excluding carboxylic acids is 2. The Morgan fingerprint density at radius 2 is 2.08 bits per heavy atom. The van der Waals surface area contributed by atoms with Crippen LogP contribution in [0, 0.1) is 13.8 Å². The Bertz CT molecular complexity index is 1000. The van der Waals surface area contributed by atoms with Gasteiger partial charge in [0.05, 0.1) is 34.3 Å². The zero-order chi connectivity index (χ0) is 19.0. The lowest BCUT2D eigenvalue weighted by atomic mass is 10.3. The Labute approximate surface area is 157 Å². The molecule has 3 aromatic rings. The number of halogens is 1. The van der Waals surface area contributed by atoms with Crippen molar-refractivity contribution in [1.82, 2.24) is 19.6 Å². The number of furan rings is 1. The van der Waals surface area contributed by atoms with Crippen molar-refractivity contribution in [2.24, 2.45) is 12.8 Å². The van der Waals surface area contributed by atoms with E-state index in [1.165, 1.54) is 10.9 Å². The van der Waals surface area contributed by atoms with Crippen LogP contribution in [0.5, 0.6) is 0 Å². The van der Waals surface area contributed by atoms with Gasteiger partial charge in [-0.3, -0.25) is 19.0 Å². The zero-order valence-electron chi connectivity index (χ0n) is 14.4. The smallest absolute Gasteiger partial charge is 0.291 e. The molecule has 3 N–H and O–H groups in total. The van der Waals surface area contributed by atoms with E-state index in [-0.39, 0.29) is 17.1 Å². The van der Waals surface area contributed by atoms with Crippen LogP contribution in [-0.2, 0) is 13.6 Å². The van der Waals surface area contributed by atoms with Crippen molar-refractivity contribution >= 4 is 33.4 Å². The Kier molecular flexibility index (Phi) is 4.68. The molecule has 0 aliphatic rings. The lowest BCUT2D eigenvalue weighted by Gasteiger charge is -2.04. The molecular weight excluding hydrogens is 404 g/mol. The molecule has 0 saturated carbocycles. The number of primary amides is 1. The third-order valence-electron chi connectivity index (χ3n) is 3.90. The summed E-state index contributed by atoms with van der Waals surface area (Å²) in [5.41, 5.74) is 7.48. The second-order valence-electron chi connectivity index (χ2n) is 5.76. The first-order valence-corrected chi connectivity index (χ1v) is 8.48. The summed E-state index contributed by atoms with van der Waals surface area (Å²) in [6.07, 6.45) is 1.36. The third-order valence-corrected chi connectivity index (χ3v) is 5.05. The van der Waals surface area contributed by atoms with Crippen molar-refractivity contribution in [3.8, 4) is 0 Å². The highest BCUT2D eigenvalue weighted by molar-refractivity contribution is 9.10. The number of nitrogens with two attached hydrogens (primary N) is 1. The molecule has 3 rings (SSSR count). The van der Waals surface area contributed by atoms with E-state index in [1.807, 2.05) is 13.8 Å². The van der Waals surface area contributed by atoms with Crippen LogP contribution in [0.4, 0.5) is 5.69 Å². The molecule has 0 aliphatic heterocycles. The van der Waals surface area contributed by atoms with E-state index in [4.69, 9.17) is 10.2 Å². The molecule has 0 fully saturated rings. The summed E-state index contributed by atoms with van der Waals surface area (Å²) in [7, 11) is 1.56. The summed E-state index contributed by atoms with van der Waals surface area (Å²) in [4.78, 5) is 23.8.